The van der Waals surface area contributed by atoms with E-state index in [0.29, 0.717) is 33.1 Å². The summed E-state index contributed by atoms with van der Waals surface area (Å²) in [6.07, 6.45) is 1.50. The molecule has 8 nitrogen and oxygen atoms in total. The fraction of sp³-hybridized carbons (Fsp3) is 0.364. The van der Waals surface area contributed by atoms with Crippen LogP contribution in [-0.4, -0.2) is 54.1 Å². The first-order valence-electron chi connectivity index (χ1n) is 10.1. The van der Waals surface area contributed by atoms with Crippen molar-refractivity contribution < 1.29 is 13.9 Å². The van der Waals surface area contributed by atoms with Crippen molar-refractivity contribution in [2.24, 2.45) is 0 Å². The first-order valence-corrected chi connectivity index (χ1v) is 10.9. The van der Waals surface area contributed by atoms with Crippen LogP contribution in [0.1, 0.15) is 28.6 Å². The molecule has 0 spiro atoms. The Balaban J connectivity index is 1.88. The summed E-state index contributed by atoms with van der Waals surface area (Å²) in [6, 6.07) is 5.98. The first kappa shape index (κ1) is 23.4. The summed E-state index contributed by atoms with van der Waals surface area (Å²) in [5.74, 6) is 0.0290. The van der Waals surface area contributed by atoms with Crippen LogP contribution in [0.25, 0.3) is 10.2 Å². The number of aromatic nitrogens is 2. The molecule has 0 fully saturated rings. The van der Waals surface area contributed by atoms with Gasteiger partial charge in [-0.25, -0.2) is 14.4 Å². The van der Waals surface area contributed by atoms with E-state index in [1.807, 2.05) is 27.1 Å². The normalized spacial score (nSPS) is 11.9. The lowest BCUT2D eigenvalue weighted by Gasteiger charge is -2.14. The summed E-state index contributed by atoms with van der Waals surface area (Å²) in [5, 5.41) is 15.8. The van der Waals surface area contributed by atoms with Crippen LogP contribution in [0.4, 0.5) is 15.9 Å². The number of aryl methyl sites for hydroxylation is 1. The molecule has 3 aromatic rings. The molecule has 32 heavy (non-hydrogen) atoms. The quantitative estimate of drug-likeness (QED) is 0.471. The number of hydrogen-bond acceptors (Lipinski definition) is 8. The second kappa shape index (κ2) is 10.3. The summed E-state index contributed by atoms with van der Waals surface area (Å²) in [7, 11) is 3.98. The van der Waals surface area contributed by atoms with Gasteiger partial charge in [0.15, 0.2) is 6.10 Å². The number of benzene rings is 1. The number of ether oxygens (including phenoxy) is 1. The van der Waals surface area contributed by atoms with E-state index >= 15 is 0 Å². The van der Waals surface area contributed by atoms with Gasteiger partial charge in [-0.05, 0) is 58.6 Å². The monoisotopic (exact) mass is 456 g/mol. The molecule has 0 bridgehead atoms. The Morgan fingerprint density at radius 2 is 2.16 bits per heavy atom. The predicted octanol–water partition coefficient (Wildman–Crippen LogP) is 3.85. The molecule has 0 saturated carbocycles. The van der Waals surface area contributed by atoms with E-state index in [-0.39, 0.29) is 11.7 Å². The van der Waals surface area contributed by atoms with Crippen molar-refractivity contribution in [3.05, 3.63) is 40.8 Å². The minimum atomic E-state index is -0.756. The van der Waals surface area contributed by atoms with E-state index in [9.17, 15) is 9.18 Å². The standard InChI is InChI=1S/C22H25FN6O2S/c1-13(11-24)31-17-10-15(23)6-7-16(17)28-20-18-14(2)19(32-22(18)27-12-26-20)21(30)25-8-5-9-29(3)4/h6-7,10,12-13H,5,8-9H2,1-4H3,(H,25,30)(H,26,27,28). The molecule has 2 aromatic heterocycles. The molecule has 1 unspecified atom stereocenters. The Kier molecular flexibility index (Phi) is 7.56. The topological polar surface area (TPSA) is 103 Å². The average molecular weight is 457 g/mol. The molecule has 2 N–H and O–H groups in total. The number of fused-ring (bicyclic) bond motifs is 1. The van der Waals surface area contributed by atoms with Gasteiger partial charge in [0.05, 0.1) is 16.0 Å². The van der Waals surface area contributed by atoms with Gasteiger partial charge < -0.3 is 20.3 Å². The number of nitrogens with one attached hydrogen (secondary N) is 2. The number of rotatable bonds is 9. The molecule has 10 heteroatoms. The van der Waals surface area contributed by atoms with Gasteiger partial charge >= 0.3 is 0 Å². The lowest BCUT2D eigenvalue weighted by Crippen LogP contribution is -2.26. The lowest BCUT2D eigenvalue weighted by atomic mass is 10.2. The van der Waals surface area contributed by atoms with Gasteiger partial charge in [0.2, 0.25) is 0 Å². The molecule has 0 radical (unpaired) electrons. The highest BCUT2D eigenvalue weighted by Crippen LogP contribution is 2.36. The Bertz CT molecular complexity index is 1160. The number of carbonyl (C=O) groups is 1. The summed E-state index contributed by atoms with van der Waals surface area (Å²) in [5.41, 5.74) is 1.21. The van der Waals surface area contributed by atoms with Crippen LogP contribution in [0.15, 0.2) is 24.5 Å². The van der Waals surface area contributed by atoms with Gasteiger partial charge in [-0.2, -0.15) is 5.26 Å². The maximum Gasteiger partial charge on any atom is 0.261 e. The van der Waals surface area contributed by atoms with Crippen molar-refractivity contribution in [3.8, 4) is 11.8 Å². The third kappa shape index (κ3) is 5.49. The SMILES string of the molecule is Cc1c(C(=O)NCCCN(C)C)sc2ncnc(Nc3ccc(F)cc3OC(C)C#N)c12. The molecular formula is C22H25FN6O2S. The number of thiophene rings is 1. The van der Waals surface area contributed by atoms with Crippen LogP contribution >= 0.6 is 11.3 Å². The van der Waals surface area contributed by atoms with Gasteiger partial charge in [-0.1, -0.05) is 0 Å². The number of nitriles is 1. The van der Waals surface area contributed by atoms with Crippen molar-refractivity contribution in [1.29, 1.82) is 5.26 Å². The smallest absolute Gasteiger partial charge is 0.261 e. The van der Waals surface area contributed by atoms with Crippen LogP contribution in [0.5, 0.6) is 5.75 Å². The van der Waals surface area contributed by atoms with E-state index in [1.54, 1.807) is 6.92 Å². The van der Waals surface area contributed by atoms with Gasteiger partial charge in [0.25, 0.3) is 5.91 Å². The predicted molar refractivity (Wildman–Crippen MR) is 123 cm³/mol. The molecule has 2 heterocycles. The minimum Gasteiger partial charge on any atom is -0.474 e. The van der Waals surface area contributed by atoms with E-state index in [1.165, 1.54) is 35.9 Å². The van der Waals surface area contributed by atoms with Gasteiger partial charge in [-0.15, -0.1) is 11.3 Å². The highest BCUT2D eigenvalue weighted by Gasteiger charge is 2.20. The molecule has 0 aliphatic carbocycles. The Morgan fingerprint density at radius 1 is 1.38 bits per heavy atom. The second-order valence-corrected chi connectivity index (χ2v) is 8.53. The largest absolute Gasteiger partial charge is 0.474 e. The fourth-order valence-electron chi connectivity index (χ4n) is 3.10. The highest BCUT2D eigenvalue weighted by atomic mass is 32.1. The number of carbonyl (C=O) groups excluding carboxylic acids is 1. The second-order valence-electron chi connectivity index (χ2n) is 7.53. The molecule has 0 aliphatic rings. The van der Waals surface area contributed by atoms with Gasteiger partial charge in [0.1, 0.15) is 34.6 Å². The molecule has 1 amide bonds. The van der Waals surface area contributed by atoms with Crippen molar-refractivity contribution >= 4 is 39.0 Å². The zero-order valence-corrected chi connectivity index (χ0v) is 19.2. The van der Waals surface area contributed by atoms with Crippen molar-refractivity contribution in [2.75, 3.05) is 32.5 Å². The van der Waals surface area contributed by atoms with Crippen LogP contribution < -0.4 is 15.4 Å². The maximum absolute atomic E-state index is 13.8. The molecule has 1 atom stereocenters. The number of hydrogen-bond donors (Lipinski definition) is 2. The van der Waals surface area contributed by atoms with E-state index in [0.717, 1.165) is 18.5 Å². The van der Waals surface area contributed by atoms with Crippen molar-refractivity contribution in [1.82, 2.24) is 20.2 Å². The van der Waals surface area contributed by atoms with E-state index in [2.05, 4.69) is 25.5 Å². The van der Waals surface area contributed by atoms with Crippen LogP contribution in [0.3, 0.4) is 0 Å². The number of amides is 1. The zero-order valence-electron chi connectivity index (χ0n) is 18.4. The summed E-state index contributed by atoms with van der Waals surface area (Å²) >= 11 is 1.29. The minimum absolute atomic E-state index is 0.149. The fourth-order valence-corrected chi connectivity index (χ4v) is 4.17. The molecule has 0 aliphatic heterocycles. The van der Waals surface area contributed by atoms with Crippen LogP contribution in [-0.2, 0) is 0 Å². The van der Waals surface area contributed by atoms with Crippen LogP contribution in [0, 0.1) is 24.1 Å². The third-order valence-electron chi connectivity index (χ3n) is 4.68. The average Bonchev–Trinajstić information content (AvgIpc) is 3.10. The summed E-state index contributed by atoms with van der Waals surface area (Å²) in [6.45, 7) is 4.89. The summed E-state index contributed by atoms with van der Waals surface area (Å²) < 4.78 is 19.3. The van der Waals surface area contributed by atoms with Crippen LogP contribution in [0.2, 0.25) is 0 Å². The first-order chi connectivity index (χ1) is 15.3. The number of halogens is 1. The molecule has 3 rings (SSSR count). The Labute approximate surface area is 190 Å². The lowest BCUT2D eigenvalue weighted by molar-refractivity contribution is 0.0956. The molecule has 0 saturated heterocycles. The van der Waals surface area contributed by atoms with E-state index < -0.39 is 11.9 Å². The van der Waals surface area contributed by atoms with Gasteiger partial charge in [0, 0.05) is 12.6 Å². The van der Waals surface area contributed by atoms with Crippen molar-refractivity contribution in [3.63, 3.8) is 0 Å². The van der Waals surface area contributed by atoms with Crippen molar-refractivity contribution in [2.45, 2.75) is 26.4 Å². The molecular weight excluding hydrogens is 431 g/mol. The van der Waals surface area contributed by atoms with Gasteiger partial charge in [-0.3, -0.25) is 4.79 Å². The zero-order chi connectivity index (χ0) is 23.3. The number of anilines is 2. The third-order valence-corrected chi connectivity index (χ3v) is 5.88. The maximum atomic E-state index is 13.8. The molecule has 168 valence electrons. The highest BCUT2D eigenvalue weighted by molar-refractivity contribution is 7.20. The van der Waals surface area contributed by atoms with E-state index in [4.69, 9.17) is 10.00 Å². The summed E-state index contributed by atoms with van der Waals surface area (Å²) in [4.78, 5) is 24.7. The number of nitrogens with zero attached hydrogens (tertiary/aromatic N) is 4. The Morgan fingerprint density at radius 3 is 2.88 bits per heavy atom. The molecule has 1 aromatic carbocycles. The Hall–Kier alpha value is -3.29.